The summed E-state index contributed by atoms with van der Waals surface area (Å²) in [5.41, 5.74) is 2.10. The molecule has 0 fully saturated rings. The van der Waals surface area contributed by atoms with E-state index in [1.165, 1.54) is 11.9 Å². The van der Waals surface area contributed by atoms with Crippen LogP contribution < -0.4 is 4.90 Å². The van der Waals surface area contributed by atoms with E-state index in [1.54, 1.807) is 56.3 Å². The van der Waals surface area contributed by atoms with Crippen molar-refractivity contribution in [1.82, 2.24) is 4.90 Å². The van der Waals surface area contributed by atoms with Gasteiger partial charge in [-0.05, 0) is 43.7 Å². The van der Waals surface area contributed by atoms with Gasteiger partial charge < -0.3 is 15.1 Å². The van der Waals surface area contributed by atoms with Gasteiger partial charge in [0.05, 0.1) is 23.3 Å². The lowest BCUT2D eigenvalue weighted by Gasteiger charge is -2.25. The third kappa shape index (κ3) is 3.42. The Bertz CT molecular complexity index is 917. The van der Waals surface area contributed by atoms with Crippen molar-refractivity contribution in [2.24, 2.45) is 0 Å². The largest absolute Gasteiger partial charge is 0.389 e. The summed E-state index contributed by atoms with van der Waals surface area (Å²) in [6.45, 7) is 2.77. The van der Waals surface area contributed by atoms with Gasteiger partial charge in [-0.3, -0.25) is 19.3 Å². The summed E-state index contributed by atoms with van der Waals surface area (Å²) < 4.78 is 0. The zero-order valence-electron chi connectivity index (χ0n) is 15.9. The summed E-state index contributed by atoms with van der Waals surface area (Å²) in [5, 5.41) is 19.8. The third-order valence-electron chi connectivity index (χ3n) is 4.89. The third-order valence-corrected chi connectivity index (χ3v) is 4.89. The fraction of sp³-hybridized carbons (Fsp3) is 0.286. The van der Waals surface area contributed by atoms with Gasteiger partial charge in [0.1, 0.15) is 6.54 Å². The Kier molecular flexibility index (Phi) is 5.31. The number of anilines is 1. The Balaban J connectivity index is 1.84. The number of aliphatic hydroxyl groups excluding tert-OH is 2. The van der Waals surface area contributed by atoms with Crippen LogP contribution in [0.2, 0.25) is 0 Å². The molecular weight excluding hydrogens is 360 g/mol. The maximum atomic E-state index is 12.8. The number of likely N-dealkylation sites (N-methyl/N-ethyl adjacent to an activating group) is 1. The molecule has 7 nitrogen and oxygen atoms in total. The number of hydrogen-bond acceptors (Lipinski definition) is 5. The van der Waals surface area contributed by atoms with Crippen molar-refractivity contribution < 1.29 is 24.6 Å². The summed E-state index contributed by atoms with van der Waals surface area (Å²) >= 11 is 0. The molecule has 2 unspecified atom stereocenters. The second-order valence-electron chi connectivity index (χ2n) is 6.86. The molecule has 7 heteroatoms. The van der Waals surface area contributed by atoms with Gasteiger partial charge in [0.15, 0.2) is 0 Å². The first-order chi connectivity index (χ1) is 13.2. The predicted octanol–water partition coefficient (Wildman–Crippen LogP) is 2.05. The van der Waals surface area contributed by atoms with Crippen LogP contribution in [0.25, 0.3) is 0 Å². The summed E-state index contributed by atoms with van der Waals surface area (Å²) in [6, 6.07) is 11.4. The van der Waals surface area contributed by atoms with Crippen molar-refractivity contribution in [1.29, 1.82) is 0 Å². The van der Waals surface area contributed by atoms with E-state index in [1.807, 2.05) is 0 Å². The van der Waals surface area contributed by atoms with Gasteiger partial charge in [-0.1, -0.05) is 18.2 Å². The molecule has 1 heterocycles. The second-order valence-corrected chi connectivity index (χ2v) is 6.86. The minimum Gasteiger partial charge on any atom is -0.389 e. The number of fused-ring (bicyclic) bond motifs is 1. The minimum absolute atomic E-state index is 0.286. The van der Waals surface area contributed by atoms with E-state index in [4.69, 9.17) is 0 Å². The Morgan fingerprint density at radius 2 is 1.57 bits per heavy atom. The molecule has 0 saturated carbocycles. The van der Waals surface area contributed by atoms with Crippen molar-refractivity contribution in [3.05, 3.63) is 64.7 Å². The molecule has 2 aromatic rings. The predicted molar refractivity (Wildman–Crippen MR) is 103 cm³/mol. The SMILES string of the molecule is CC(O)c1ccc(N(C)C(=O)CN2C(=O)c3ccccc3C2=O)c(C(C)O)c1. The Morgan fingerprint density at radius 1 is 1.00 bits per heavy atom. The smallest absolute Gasteiger partial charge is 0.262 e. The highest BCUT2D eigenvalue weighted by atomic mass is 16.3. The molecule has 0 bridgehead atoms. The number of rotatable bonds is 5. The summed E-state index contributed by atoms with van der Waals surface area (Å²) in [6.07, 6.45) is -1.59. The number of imide groups is 1. The topological polar surface area (TPSA) is 98.2 Å². The van der Waals surface area contributed by atoms with Gasteiger partial charge in [0, 0.05) is 18.3 Å². The molecule has 0 saturated heterocycles. The van der Waals surface area contributed by atoms with Crippen molar-refractivity contribution >= 4 is 23.4 Å². The van der Waals surface area contributed by atoms with Crippen LogP contribution in [0.5, 0.6) is 0 Å². The van der Waals surface area contributed by atoms with E-state index >= 15 is 0 Å². The zero-order valence-corrected chi connectivity index (χ0v) is 15.9. The molecule has 0 aliphatic carbocycles. The molecule has 1 aliphatic heterocycles. The van der Waals surface area contributed by atoms with Crippen LogP contribution in [0.15, 0.2) is 42.5 Å². The van der Waals surface area contributed by atoms with Crippen LogP contribution in [0, 0.1) is 0 Å². The van der Waals surface area contributed by atoms with Crippen LogP contribution in [0.1, 0.15) is 57.9 Å². The van der Waals surface area contributed by atoms with E-state index in [9.17, 15) is 24.6 Å². The van der Waals surface area contributed by atoms with E-state index < -0.39 is 36.5 Å². The molecule has 3 rings (SSSR count). The number of carbonyl (C=O) groups is 3. The number of amides is 3. The van der Waals surface area contributed by atoms with Gasteiger partial charge in [-0.25, -0.2) is 0 Å². The van der Waals surface area contributed by atoms with Crippen LogP contribution >= 0.6 is 0 Å². The summed E-state index contributed by atoms with van der Waals surface area (Å²) in [7, 11) is 1.52. The maximum absolute atomic E-state index is 12.8. The number of benzene rings is 2. The average molecular weight is 382 g/mol. The number of nitrogens with zero attached hydrogens (tertiary/aromatic N) is 2. The average Bonchev–Trinajstić information content (AvgIpc) is 2.92. The van der Waals surface area contributed by atoms with Crippen molar-refractivity contribution in [2.75, 3.05) is 18.5 Å². The lowest BCUT2D eigenvalue weighted by Crippen LogP contribution is -2.41. The highest BCUT2D eigenvalue weighted by molar-refractivity contribution is 6.22. The van der Waals surface area contributed by atoms with Crippen LogP contribution in [0.4, 0.5) is 5.69 Å². The molecule has 2 atom stereocenters. The lowest BCUT2D eigenvalue weighted by molar-refractivity contribution is -0.118. The van der Waals surface area contributed by atoms with Gasteiger partial charge in [0.2, 0.25) is 5.91 Å². The van der Waals surface area contributed by atoms with Gasteiger partial charge >= 0.3 is 0 Å². The first kappa shape index (κ1) is 19.7. The van der Waals surface area contributed by atoms with Gasteiger partial charge in [0.25, 0.3) is 11.8 Å². The standard InChI is InChI=1S/C21H22N2O5/c1-12(24)14-8-9-18(17(10-14)13(2)25)22(3)19(26)11-23-20(27)15-6-4-5-7-16(15)21(23)28/h4-10,12-13,24-25H,11H2,1-3H3. The van der Waals surface area contributed by atoms with E-state index in [0.717, 1.165) is 4.90 Å². The molecule has 28 heavy (non-hydrogen) atoms. The molecule has 146 valence electrons. The first-order valence-electron chi connectivity index (χ1n) is 8.94. The first-order valence-corrected chi connectivity index (χ1v) is 8.94. The molecule has 1 aliphatic rings. The van der Waals surface area contributed by atoms with Gasteiger partial charge in [-0.15, -0.1) is 0 Å². The van der Waals surface area contributed by atoms with Gasteiger partial charge in [-0.2, -0.15) is 0 Å². The van der Waals surface area contributed by atoms with Crippen molar-refractivity contribution in [3.8, 4) is 0 Å². The second kappa shape index (κ2) is 7.53. The number of hydrogen-bond donors (Lipinski definition) is 2. The van der Waals surface area contributed by atoms with Crippen LogP contribution in [-0.4, -0.2) is 46.4 Å². The minimum atomic E-state index is -0.872. The molecule has 0 spiro atoms. The fourth-order valence-corrected chi connectivity index (χ4v) is 3.23. The van der Waals surface area contributed by atoms with E-state index in [-0.39, 0.29) is 11.1 Å². The Morgan fingerprint density at radius 3 is 2.07 bits per heavy atom. The highest BCUT2D eigenvalue weighted by Crippen LogP contribution is 2.30. The van der Waals surface area contributed by atoms with E-state index in [0.29, 0.717) is 16.8 Å². The molecule has 2 aromatic carbocycles. The normalized spacial score (nSPS) is 15.4. The van der Waals surface area contributed by atoms with Crippen molar-refractivity contribution in [2.45, 2.75) is 26.1 Å². The Hall–Kier alpha value is -3.03. The number of carbonyl (C=O) groups excluding carboxylic acids is 3. The number of aliphatic hydroxyl groups is 2. The lowest BCUT2D eigenvalue weighted by atomic mass is 10.0. The van der Waals surface area contributed by atoms with Crippen molar-refractivity contribution in [3.63, 3.8) is 0 Å². The summed E-state index contributed by atoms with van der Waals surface area (Å²) in [5.74, 6) is -1.47. The highest BCUT2D eigenvalue weighted by Gasteiger charge is 2.37. The quantitative estimate of drug-likeness (QED) is 0.772. The molecule has 2 N–H and O–H groups in total. The molecule has 0 aromatic heterocycles. The molecular formula is C21H22N2O5. The maximum Gasteiger partial charge on any atom is 0.262 e. The molecule has 0 radical (unpaired) electrons. The molecule has 3 amide bonds. The van der Waals surface area contributed by atoms with Crippen LogP contribution in [-0.2, 0) is 4.79 Å². The Labute approximate surface area is 162 Å². The van der Waals surface area contributed by atoms with Crippen LogP contribution in [0.3, 0.4) is 0 Å². The van der Waals surface area contributed by atoms with E-state index in [2.05, 4.69) is 0 Å². The fourth-order valence-electron chi connectivity index (χ4n) is 3.23. The zero-order chi connectivity index (χ0) is 20.6. The summed E-state index contributed by atoms with van der Waals surface area (Å²) in [4.78, 5) is 39.9. The monoisotopic (exact) mass is 382 g/mol.